The molecule has 0 saturated carbocycles. The SMILES string of the molecule is CC/C=C/C=C/C=C/CCCCCCCC(=O)OC(COC(=O)CCCCCCCCC/C=C/CCCCCCCCCCC)COP(=O)(O)OCCN. The van der Waals surface area contributed by atoms with E-state index in [9.17, 15) is 19.0 Å². The van der Waals surface area contributed by atoms with Crippen molar-refractivity contribution in [1.29, 1.82) is 0 Å². The van der Waals surface area contributed by atoms with Crippen molar-refractivity contribution < 1.29 is 37.6 Å². The molecule has 9 nitrogen and oxygen atoms in total. The smallest absolute Gasteiger partial charge is 0.462 e. The van der Waals surface area contributed by atoms with Crippen LogP contribution in [0.1, 0.15) is 187 Å². The Balaban J connectivity index is 4.13. The molecule has 0 aromatic heterocycles. The van der Waals surface area contributed by atoms with Crippen LogP contribution < -0.4 is 5.73 Å². The number of carbonyl (C=O) groups excluding carboxylic acids is 2. The Bertz CT molecular complexity index is 1030. The van der Waals surface area contributed by atoms with Crippen molar-refractivity contribution in [2.24, 2.45) is 5.73 Å². The molecule has 0 radical (unpaired) electrons. The van der Waals surface area contributed by atoms with Crippen molar-refractivity contribution in [3.05, 3.63) is 48.6 Å². The number of hydrogen-bond acceptors (Lipinski definition) is 8. The minimum Gasteiger partial charge on any atom is -0.462 e. The van der Waals surface area contributed by atoms with E-state index in [1.54, 1.807) is 0 Å². The van der Waals surface area contributed by atoms with Crippen LogP contribution in [0.4, 0.5) is 0 Å². The van der Waals surface area contributed by atoms with Crippen LogP contribution in [0.2, 0.25) is 0 Å². The van der Waals surface area contributed by atoms with Crippen LogP contribution in [0.15, 0.2) is 48.6 Å². The van der Waals surface area contributed by atoms with Crippen molar-refractivity contribution in [2.75, 3.05) is 26.4 Å². The molecule has 0 rings (SSSR count). The van der Waals surface area contributed by atoms with Gasteiger partial charge >= 0.3 is 19.8 Å². The molecular weight excluding hydrogens is 701 g/mol. The lowest BCUT2D eigenvalue weighted by Gasteiger charge is -2.19. The van der Waals surface area contributed by atoms with E-state index in [-0.39, 0.29) is 32.6 Å². The van der Waals surface area contributed by atoms with Crippen molar-refractivity contribution in [3.63, 3.8) is 0 Å². The fourth-order valence-corrected chi connectivity index (χ4v) is 6.57. The summed E-state index contributed by atoms with van der Waals surface area (Å²) >= 11 is 0. The maximum atomic E-state index is 12.5. The van der Waals surface area contributed by atoms with Crippen molar-refractivity contribution in [3.8, 4) is 0 Å². The first-order valence-electron chi connectivity index (χ1n) is 21.6. The number of esters is 2. The third-order valence-electron chi connectivity index (χ3n) is 9.01. The average Bonchev–Trinajstić information content (AvgIpc) is 3.16. The van der Waals surface area contributed by atoms with Crippen molar-refractivity contribution >= 4 is 19.8 Å². The van der Waals surface area contributed by atoms with Gasteiger partial charge in [0.25, 0.3) is 0 Å². The Hall–Kier alpha value is -2.03. The molecule has 0 aliphatic carbocycles. The molecule has 0 saturated heterocycles. The number of phosphoric acid groups is 1. The molecule has 0 spiro atoms. The minimum atomic E-state index is -4.38. The van der Waals surface area contributed by atoms with Gasteiger partial charge in [0.05, 0.1) is 13.2 Å². The molecule has 0 bridgehead atoms. The predicted octanol–water partition coefficient (Wildman–Crippen LogP) is 12.3. The Kier molecular flexibility index (Phi) is 39.1. The maximum Gasteiger partial charge on any atom is 0.472 e. The summed E-state index contributed by atoms with van der Waals surface area (Å²) in [5.74, 6) is -0.858. The summed E-state index contributed by atoms with van der Waals surface area (Å²) in [4.78, 5) is 34.8. The van der Waals surface area contributed by atoms with E-state index in [0.29, 0.717) is 6.42 Å². The number of ether oxygens (including phenoxy) is 2. The standard InChI is InChI=1S/C44H80NO8P/c1-3-5-7-9-11-13-15-17-18-19-20-21-22-23-25-26-28-30-32-34-36-43(46)50-40-42(41-52-54(48,49)51-39-38-45)53-44(47)37-35-33-31-29-27-24-16-14-12-10-8-6-4-2/h6,8,10,12,14,16,20-21,42H,3-5,7,9,11,13,15,17-19,22-41,45H2,1-2H3,(H,48,49)/b8-6+,12-10+,16-14+,21-20+. The Morgan fingerprint density at radius 1 is 0.574 bits per heavy atom. The van der Waals surface area contributed by atoms with Crippen LogP contribution in [-0.4, -0.2) is 49.3 Å². The number of phosphoric ester groups is 1. The second kappa shape index (κ2) is 40.6. The molecule has 314 valence electrons. The van der Waals surface area contributed by atoms with Crippen LogP contribution in [0, 0.1) is 0 Å². The highest BCUT2D eigenvalue weighted by Crippen LogP contribution is 2.43. The summed E-state index contributed by atoms with van der Waals surface area (Å²) in [6.07, 6.45) is 45.8. The van der Waals surface area contributed by atoms with Crippen LogP contribution in [0.25, 0.3) is 0 Å². The fraction of sp³-hybridized carbons (Fsp3) is 0.773. The lowest BCUT2D eigenvalue weighted by molar-refractivity contribution is -0.161. The van der Waals surface area contributed by atoms with Gasteiger partial charge in [0.2, 0.25) is 0 Å². The first-order chi connectivity index (χ1) is 26.3. The Labute approximate surface area is 330 Å². The van der Waals surface area contributed by atoms with E-state index >= 15 is 0 Å². The van der Waals surface area contributed by atoms with Crippen LogP contribution in [-0.2, 0) is 32.7 Å². The number of unbranched alkanes of at least 4 members (excludes halogenated alkanes) is 21. The number of hydrogen-bond donors (Lipinski definition) is 2. The number of carbonyl (C=O) groups is 2. The first-order valence-corrected chi connectivity index (χ1v) is 23.1. The molecule has 0 aromatic carbocycles. The molecule has 0 amide bonds. The summed E-state index contributed by atoms with van der Waals surface area (Å²) in [5, 5.41) is 0. The third-order valence-corrected chi connectivity index (χ3v) is 9.99. The van der Waals surface area contributed by atoms with Gasteiger partial charge in [-0.05, 0) is 57.8 Å². The van der Waals surface area contributed by atoms with E-state index in [0.717, 1.165) is 70.6 Å². The zero-order valence-electron chi connectivity index (χ0n) is 34.4. The lowest BCUT2D eigenvalue weighted by atomic mass is 10.1. The lowest BCUT2D eigenvalue weighted by Crippen LogP contribution is -2.29. The van der Waals surface area contributed by atoms with E-state index < -0.39 is 32.5 Å². The van der Waals surface area contributed by atoms with Gasteiger partial charge in [-0.1, -0.05) is 165 Å². The van der Waals surface area contributed by atoms with Crippen LogP contribution >= 0.6 is 7.82 Å². The van der Waals surface area contributed by atoms with Gasteiger partial charge in [0.15, 0.2) is 6.10 Å². The average molecular weight is 782 g/mol. The van der Waals surface area contributed by atoms with Gasteiger partial charge < -0.3 is 20.1 Å². The Morgan fingerprint density at radius 3 is 1.56 bits per heavy atom. The molecule has 10 heteroatoms. The third kappa shape index (κ3) is 39.7. The maximum absolute atomic E-state index is 12.5. The Morgan fingerprint density at radius 2 is 1.04 bits per heavy atom. The summed E-state index contributed by atoms with van der Waals surface area (Å²) in [6.45, 7) is 3.57. The highest BCUT2D eigenvalue weighted by atomic mass is 31.2. The molecule has 0 heterocycles. The minimum absolute atomic E-state index is 0.0476. The molecule has 3 N–H and O–H groups in total. The van der Waals surface area contributed by atoms with Gasteiger partial charge in [-0.15, -0.1) is 0 Å². The predicted molar refractivity (Wildman–Crippen MR) is 224 cm³/mol. The quantitative estimate of drug-likeness (QED) is 0.0205. The van der Waals surface area contributed by atoms with Gasteiger partial charge in [0.1, 0.15) is 6.61 Å². The summed E-state index contributed by atoms with van der Waals surface area (Å²) in [6, 6.07) is 0. The van der Waals surface area contributed by atoms with Gasteiger partial charge in [-0.3, -0.25) is 18.6 Å². The van der Waals surface area contributed by atoms with E-state index in [4.69, 9.17) is 24.3 Å². The molecular formula is C44H80NO8P. The zero-order chi connectivity index (χ0) is 39.6. The fourth-order valence-electron chi connectivity index (χ4n) is 5.81. The van der Waals surface area contributed by atoms with E-state index in [1.807, 2.05) is 18.2 Å². The number of nitrogens with two attached hydrogens (primary N) is 1. The highest BCUT2D eigenvalue weighted by molar-refractivity contribution is 7.47. The van der Waals surface area contributed by atoms with Gasteiger partial charge in [0, 0.05) is 19.4 Å². The number of rotatable bonds is 40. The molecule has 54 heavy (non-hydrogen) atoms. The first kappa shape index (κ1) is 52.0. The zero-order valence-corrected chi connectivity index (χ0v) is 35.3. The van der Waals surface area contributed by atoms with Gasteiger partial charge in [-0.2, -0.15) is 0 Å². The largest absolute Gasteiger partial charge is 0.472 e. The van der Waals surface area contributed by atoms with E-state index in [1.165, 1.54) is 83.5 Å². The topological polar surface area (TPSA) is 134 Å². The van der Waals surface area contributed by atoms with Crippen molar-refractivity contribution in [1.82, 2.24) is 0 Å². The summed E-state index contributed by atoms with van der Waals surface area (Å²) < 4.78 is 32.7. The van der Waals surface area contributed by atoms with E-state index in [2.05, 4.69) is 44.2 Å². The second-order valence-electron chi connectivity index (χ2n) is 14.2. The van der Waals surface area contributed by atoms with Crippen molar-refractivity contribution in [2.45, 2.75) is 193 Å². The monoisotopic (exact) mass is 782 g/mol. The van der Waals surface area contributed by atoms with Gasteiger partial charge in [-0.25, -0.2) is 4.57 Å². The molecule has 2 atom stereocenters. The molecule has 0 aromatic rings. The highest BCUT2D eigenvalue weighted by Gasteiger charge is 2.26. The summed E-state index contributed by atoms with van der Waals surface area (Å²) in [7, 11) is -4.38. The normalized spacial score (nSPS) is 13.8. The van der Waals surface area contributed by atoms with Crippen LogP contribution in [0.5, 0.6) is 0 Å². The molecule has 2 unspecified atom stereocenters. The van der Waals surface area contributed by atoms with Crippen LogP contribution in [0.3, 0.4) is 0 Å². The molecule has 0 aliphatic heterocycles. The second-order valence-corrected chi connectivity index (χ2v) is 15.7. The number of allylic oxidation sites excluding steroid dienone is 8. The summed E-state index contributed by atoms with van der Waals surface area (Å²) in [5.41, 5.74) is 5.34. The molecule has 0 aliphatic rings. The molecule has 0 fully saturated rings.